The molecule has 0 bridgehead atoms. The van der Waals surface area contributed by atoms with Crippen LogP contribution < -0.4 is 10.1 Å². The summed E-state index contributed by atoms with van der Waals surface area (Å²) in [7, 11) is 0. The van der Waals surface area contributed by atoms with Crippen LogP contribution in [0, 0.1) is 13.8 Å². The van der Waals surface area contributed by atoms with E-state index in [-0.39, 0.29) is 40.3 Å². The minimum atomic E-state index is -0.611. The number of ether oxygens (including phenoxy) is 3. The van der Waals surface area contributed by atoms with Gasteiger partial charge in [-0.25, -0.2) is 9.59 Å². The van der Waals surface area contributed by atoms with Crippen molar-refractivity contribution in [2.45, 2.75) is 59.2 Å². The van der Waals surface area contributed by atoms with Crippen molar-refractivity contribution in [2.75, 3.05) is 30.9 Å². The van der Waals surface area contributed by atoms with Crippen LogP contribution in [0.5, 0.6) is 5.75 Å². The molecule has 216 valence electrons. The summed E-state index contributed by atoms with van der Waals surface area (Å²) < 4.78 is 18.1. The fraction of sp³-hybridized carbons (Fsp3) is 0.444. The first-order chi connectivity index (χ1) is 19.2. The highest BCUT2D eigenvalue weighted by molar-refractivity contribution is 7.99. The number of rotatable bonds is 14. The van der Waals surface area contributed by atoms with E-state index >= 15 is 0 Å². The van der Waals surface area contributed by atoms with Gasteiger partial charge in [0.25, 0.3) is 0 Å². The third kappa shape index (κ3) is 7.98. The molecule has 0 aliphatic rings. The van der Waals surface area contributed by atoms with E-state index < -0.39 is 11.9 Å². The number of nitrogens with zero attached hydrogens (tertiary/aromatic N) is 3. The number of benzene rings is 1. The van der Waals surface area contributed by atoms with Gasteiger partial charge in [-0.2, -0.15) is 0 Å². The number of halogens is 1. The number of nitrogens with one attached hydrogen (secondary N) is 1. The lowest BCUT2D eigenvalue weighted by Gasteiger charge is -2.10. The summed E-state index contributed by atoms with van der Waals surface area (Å²) in [5, 5.41) is 12.9. The second kappa shape index (κ2) is 15.1. The average molecular weight is 609 g/mol. The minimum absolute atomic E-state index is 0.0328. The van der Waals surface area contributed by atoms with E-state index in [2.05, 4.69) is 15.5 Å². The van der Waals surface area contributed by atoms with Crippen LogP contribution in [0.3, 0.4) is 0 Å². The zero-order valence-corrected chi connectivity index (χ0v) is 25.6. The van der Waals surface area contributed by atoms with Gasteiger partial charge in [0.05, 0.1) is 31.1 Å². The molecule has 3 aromatic rings. The molecule has 0 unspecified atom stereocenters. The first-order valence-corrected chi connectivity index (χ1v) is 15.1. The van der Waals surface area contributed by atoms with E-state index in [9.17, 15) is 14.4 Å². The van der Waals surface area contributed by atoms with Gasteiger partial charge in [-0.15, -0.1) is 21.5 Å². The molecule has 1 aromatic carbocycles. The number of carbonyl (C=O) groups excluding carboxylic acids is 3. The fourth-order valence-electron chi connectivity index (χ4n) is 3.85. The highest BCUT2D eigenvalue weighted by atomic mass is 35.5. The maximum Gasteiger partial charge on any atom is 0.348 e. The van der Waals surface area contributed by atoms with Crippen LogP contribution in [0.4, 0.5) is 5.00 Å². The minimum Gasteiger partial charge on any atom is -0.493 e. The van der Waals surface area contributed by atoms with Gasteiger partial charge in [0, 0.05) is 18.0 Å². The molecule has 2 aromatic heterocycles. The Hall–Kier alpha value is -3.09. The number of anilines is 1. The van der Waals surface area contributed by atoms with Crippen molar-refractivity contribution in [1.82, 2.24) is 14.8 Å². The maximum atomic E-state index is 12.9. The summed E-state index contributed by atoms with van der Waals surface area (Å²) in [6.07, 6.45) is 1.40. The summed E-state index contributed by atoms with van der Waals surface area (Å²) >= 11 is 8.24. The van der Waals surface area contributed by atoms with E-state index in [0.717, 1.165) is 34.9 Å². The van der Waals surface area contributed by atoms with Crippen LogP contribution in [0.25, 0.3) is 0 Å². The molecule has 3 rings (SSSR count). The largest absolute Gasteiger partial charge is 0.493 e. The van der Waals surface area contributed by atoms with Gasteiger partial charge < -0.3 is 24.1 Å². The van der Waals surface area contributed by atoms with Crippen molar-refractivity contribution in [3.8, 4) is 5.75 Å². The molecule has 2 heterocycles. The number of hydrogen-bond acceptors (Lipinski definition) is 10. The summed E-state index contributed by atoms with van der Waals surface area (Å²) in [4.78, 5) is 38.1. The number of aromatic nitrogens is 3. The van der Waals surface area contributed by atoms with E-state index in [4.69, 9.17) is 25.8 Å². The topological polar surface area (TPSA) is 122 Å². The SMILES string of the molecule is CCOC(=O)c1sc(NC(=O)CSc2nnc(CCCOc3ccc(Cl)cc3C)n2CC)c(C(=O)OCC)c1C. The number of thioether (sulfide) groups is 1. The molecule has 1 amide bonds. The maximum absolute atomic E-state index is 12.9. The van der Waals surface area contributed by atoms with Gasteiger partial charge in [0.2, 0.25) is 5.91 Å². The summed E-state index contributed by atoms with van der Waals surface area (Å²) in [6, 6.07) is 5.52. The van der Waals surface area contributed by atoms with Crippen LogP contribution in [0.15, 0.2) is 23.4 Å². The van der Waals surface area contributed by atoms with Crippen LogP contribution in [-0.4, -0.2) is 58.2 Å². The number of amides is 1. The van der Waals surface area contributed by atoms with Crippen molar-refractivity contribution in [1.29, 1.82) is 0 Å². The zero-order chi connectivity index (χ0) is 29.2. The molecule has 0 aliphatic carbocycles. The predicted molar refractivity (Wildman–Crippen MR) is 156 cm³/mol. The van der Waals surface area contributed by atoms with Crippen LogP contribution in [0.1, 0.15) is 64.2 Å². The van der Waals surface area contributed by atoms with E-state index in [0.29, 0.717) is 35.3 Å². The van der Waals surface area contributed by atoms with Crippen molar-refractivity contribution in [3.05, 3.63) is 50.6 Å². The lowest BCUT2D eigenvalue weighted by molar-refractivity contribution is -0.113. The molecule has 1 N–H and O–H groups in total. The van der Waals surface area contributed by atoms with E-state index in [1.165, 1.54) is 11.8 Å². The standard InChI is InChI=1S/C27H33ClN4O6S2/c1-6-32-20(10-9-13-38-19-12-11-18(28)14-16(19)4)30-31-27(32)39-15-21(33)29-24-22(25(34)36-7-2)17(5)23(40-24)26(35)37-8-3/h11-12,14H,6-10,13,15H2,1-5H3,(H,29,33). The van der Waals surface area contributed by atoms with Crippen molar-refractivity contribution in [2.24, 2.45) is 0 Å². The molecule has 0 spiro atoms. The molecule has 0 radical (unpaired) electrons. The number of hydrogen-bond donors (Lipinski definition) is 1. The van der Waals surface area contributed by atoms with Crippen LogP contribution >= 0.6 is 34.7 Å². The molecule has 13 heteroatoms. The molecular formula is C27H33ClN4O6S2. The van der Waals surface area contributed by atoms with Gasteiger partial charge in [-0.3, -0.25) is 4.79 Å². The second-order valence-electron chi connectivity index (χ2n) is 8.54. The number of esters is 2. The fourth-order valence-corrected chi connectivity index (χ4v) is 6.00. The molecule has 10 nitrogen and oxygen atoms in total. The van der Waals surface area contributed by atoms with Crippen LogP contribution in [-0.2, 0) is 27.2 Å². The Kier molecular flexibility index (Phi) is 11.8. The highest BCUT2D eigenvalue weighted by Crippen LogP contribution is 2.34. The Balaban J connectivity index is 1.61. The van der Waals surface area contributed by atoms with Crippen molar-refractivity contribution < 1.29 is 28.6 Å². The number of aryl methyl sites for hydroxylation is 2. The summed E-state index contributed by atoms with van der Waals surface area (Å²) in [6.45, 7) is 10.5. The lowest BCUT2D eigenvalue weighted by atomic mass is 10.1. The number of thiophene rings is 1. The zero-order valence-electron chi connectivity index (χ0n) is 23.2. The quantitative estimate of drug-likeness (QED) is 0.139. The molecule has 0 atom stereocenters. The average Bonchev–Trinajstić information content (AvgIpc) is 3.46. The molecule has 40 heavy (non-hydrogen) atoms. The van der Waals surface area contributed by atoms with E-state index in [1.807, 2.05) is 30.5 Å². The molecule has 0 aliphatic heterocycles. The second-order valence-corrected chi connectivity index (χ2v) is 10.9. The summed E-state index contributed by atoms with van der Waals surface area (Å²) in [5.41, 5.74) is 1.55. The Morgan fingerprint density at radius 1 is 1.07 bits per heavy atom. The predicted octanol–water partition coefficient (Wildman–Crippen LogP) is 5.73. The van der Waals surface area contributed by atoms with Crippen molar-refractivity contribution in [3.63, 3.8) is 0 Å². The molecular weight excluding hydrogens is 576 g/mol. The van der Waals surface area contributed by atoms with Gasteiger partial charge >= 0.3 is 11.9 Å². The smallest absolute Gasteiger partial charge is 0.348 e. The van der Waals surface area contributed by atoms with Gasteiger partial charge in [-0.1, -0.05) is 23.4 Å². The lowest BCUT2D eigenvalue weighted by Crippen LogP contribution is -2.17. The van der Waals surface area contributed by atoms with Gasteiger partial charge in [-0.05, 0) is 70.4 Å². The monoisotopic (exact) mass is 608 g/mol. The summed E-state index contributed by atoms with van der Waals surface area (Å²) in [5.74, 6) is 0.115. The van der Waals surface area contributed by atoms with Gasteiger partial charge in [0.1, 0.15) is 21.5 Å². The van der Waals surface area contributed by atoms with E-state index in [1.54, 1.807) is 26.8 Å². The Labute approximate surface area is 246 Å². The molecule has 0 saturated heterocycles. The normalized spacial score (nSPS) is 10.8. The third-order valence-corrected chi connectivity index (χ3v) is 8.11. The van der Waals surface area contributed by atoms with Crippen LogP contribution in [0.2, 0.25) is 5.02 Å². The Morgan fingerprint density at radius 2 is 1.80 bits per heavy atom. The van der Waals surface area contributed by atoms with Gasteiger partial charge in [0.15, 0.2) is 5.16 Å². The number of carbonyl (C=O) groups is 3. The first-order valence-electron chi connectivity index (χ1n) is 12.9. The third-order valence-electron chi connectivity index (χ3n) is 5.72. The molecule has 0 fully saturated rings. The molecule has 0 saturated carbocycles. The Morgan fingerprint density at radius 3 is 2.48 bits per heavy atom. The first kappa shape index (κ1) is 31.4. The Bertz CT molecular complexity index is 1360. The highest BCUT2D eigenvalue weighted by Gasteiger charge is 2.27. The van der Waals surface area contributed by atoms with Crippen molar-refractivity contribution >= 4 is 57.5 Å².